The van der Waals surface area contributed by atoms with Gasteiger partial charge in [0.05, 0.1) is 18.8 Å². The fourth-order valence-electron chi connectivity index (χ4n) is 3.00. The summed E-state index contributed by atoms with van der Waals surface area (Å²) in [6.07, 6.45) is -1.61. The van der Waals surface area contributed by atoms with E-state index in [0.717, 1.165) is 5.56 Å². The van der Waals surface area contributed by atoms with Gasteiger partial charge in [-0.25, -0.2) is 0 Å². The van der Waals surface area contributed by atoms with Crippen molar-refractivity contribution in [3.05, 3.63) is 46.3 Å². The number of hydrogen-bond donors (Lipinski definition) is 0. The summed E-state index contributed by atoms with van der Waals surface area (Å²) in [4.78, 5) is 2.86. The number of ether oxygens (including phenoxy) is 4. The minimum Gasteiger partial charge on any atom is -0.368 e. The highest BCUT2D eigenvalue weighted by molar-refractivity contribution is 5.13. The average molecular weight is 319 g/mol. The van der Waals surface area contributed by atoms with Crippen LogP contribution in [0.4, 0.5) is 0 Å². The molecule has 1 aromatic rings. The van der Waals surface area contributed by atoms with Gasteiger partial charge < -0.3 is 18.9 Å². The minimum atomic E-state index is -0.712. The van der Waals surface area contributed by atoms with Crippen LogP contribution in [-0.2, 0) is 25.6 Å². The highest BCUT2D eigenvalue weighted by atomic mass is 16.8. The van der Waals surface area contributed by atoms with E-state index in [4.69, 9.17) is 24.5 Å². The van der Waals surface area contributed by atoms with Gasteiger partial charge in [-0.2, -0.15) is 0 Å². The lowest BCUT2D eigenvalue weighted by atomic mass is 10.1. The first-order chi connectivity index (χ1) is 11.0. The number of benzene rings is 1. The van der Waals surface area contributed by atoms with Crippen LogP contribution in [0.5, 0.6) is 0 Å². The third-order valence-corrected chi connectivity index (χ3v) is 4.02. The molecule has 7 heteroatoms. The molecule has 2 unspecified atom stereocenters. The number of fused-ring (bicyclic) bond motifs is 1. The van der Waals surface area contributed by atoms with Crippen molar-refractivity contribution in [2.75, 3.05) is 0 Å². The molecule has 2 aliphatic rings. The van der Waals surface area contributed by atoms with E-state index >= 15 is 0 Å². The van der Waals surface area contributed by atoms with Gasteiger partial charge in [-0.1, -0.05) is 42.4 Å². The SMILES string of the molecule is CC(N=[N+]=[N-])[C@H]1O[C@@H]2OC(C)(C)OC2[C@H]1OCc1ccccc1. The molecule has 2 aliphatic heterocycles. The quantitative estimate of drug-likeness (QED) is 0.474. The van der Waals surface area contributed by atoms with Gasteiger partial charge in [0, 0.05) is 4.91 Å². The first kappa shape index (κ1) is 16.2. The van der Waals surface area contributed by atoms with E-state index in [1.807, 2.05) is 44.2 Å². The van der Waals surface area contributed by atoms with Crippen LogP contribution in [0.3, 0.4) is 0 Å². The second kappa shape index (κ2) is 6.47. The first-order valence-electron chi connectivity index (χ1n) is 7.71. The molecule has 3 rings (SSSR count). The van der Waals surface area contributed by atoms with Crippen molar-refractivity contribution in [1.29, 1.82) is 0 Å². The van der Waals surface area contributed by atoms with E-state index in [0.29, 0.717) is 6.61 Å². The van der Waals surface area contributed by atoms with Crippen molar-refractivity contribution < 1.29 is 18.9 Å². The average Bonchev–Trinajstić information content (AvgIpc) is 2.98. The number of hydrogen-bond acceptors (Lipinski definition) is 5. The molecule has 0 aliphatic carbocycles. The second-order valence-corrected chi connectivity index (χ2v) is 6.28. The molecule has 0 saturated carbocycles. The van der Waals surface area contributed by atoms with E-state index in [-0.39, 0.29) is 18.2 Å². The summed E-state index contributed by atoms with van der Waals surface area (Å²) in [6, 6.07) is 9.50. The Labute approximate surface area is 135 Å². The van der Waals surface area contributed by atoms with Gasteiger partial charge in [-0.15, -0.1) is 0 Å². The van der Waals surface area contributed by atoms with E-state index in [1.54, 1.807) is 6.92 Å². The molecule has 2 fully saturated rings. The van der Waals surface area contributed by atoms with Crippen molar-refractivity contribution in [3.63, 3.8) is 0 Å². The van der Waals surface area contributed by atoms with Crippen molar-refractivity contribution in [2.24, 2.45) is 5.11 Å². The van der Waals surface area contributed by atoms with Gasteiger partial charge in [0.15, 0.2) is 12.1 Å². The zero-order chi connectivity index (χ0) is 16.4. The molecule has 2 heterocycles. The highest BCUT2D eigenvalue weighted by Crippen LogP contribution is 2.40. The van der Waals surface area contributed by atoms with Gasteiger partial charge in [0.1, 0.15) is 12.2 Å². The molecule has 0 aromatic heterocycles. The summed E-state index contributed by atoms with van der Waals surface area (Å²) in [5.41, 5.74) is 9.74. The number of azide groups is 1. The third-order valence-electron chi connectivity index (χ3n) is 4.02. The van der Waals surface area contributed by atoms with Crippen LogP contribution in [0.25, 0.3) is 10.4 Å². The molecule has 5 atom stereocenters. The van der Waals surface area contributed by atoms with Crippen LogP contribution in [0.15, 0.2) is 35.4 Å². The lowest BCUT2D eigenvalue weighted by Crippen LogP contribution is -2.41. The van der Waals surface area contributed by atoms with Crippen LogP contribution >= 0.6 is 0 Å². The normalized spacial score (nSPS) is 33.0. The van der Waals surface area contributed by atoms with Gasteiger partial charge >= 0.3 is 0 Å². The highest BCUT2D eigenvalue weighted by Gasteiger charge is 2.56. The summed E-state index contributed by atoms with van der Waals surface area (Å²) in [5.74, 6) is -0.712. The van der Waals surface area contributed by atoms with Crippen LogP contribution in [-0.4, -0.2) is 36.4 Å². The predicted molar refractivity (Wildman–Crippen MR) is 82.3 cm³/mol. The monoisotopic (exact) mass is 319 g/mol. The Morgan fingerprint density at radius 3 is 2.74 bits per heavy atom. The Balaban J connectivity index is 1.74. The molecular formula is C16H21N3O4. The topological polar surface area (TPSA) is 85.7 Å². The summed E-state index contributed by atoms with van der Waals surface area (Å²) in [5, 5.41) is 3.74. The molecule has 1 aromatic carbocycles. The van der Waals surface area contributed by atoms with Crippen LogP contribution in [0.1, 0.15) is 26.3 Å². The lowest BCUT2D eigenvalue weighted by molar-refractivity contribution is -0.220. The maximum atomic E-state index is 8.68. The predicted octanol–water partition coefficient (Wildman–Crippen LogP) is 3.15. The molecule has 0 spiro atoms. The van der Waals surface area contributed by atoms with E-state index < -0.39 is 18.2 Å². The van der Waals surface area contributed by atoms with Gasteiger partial charge in [0.2, 0.25) is 0 Å². The summed E-state index contributed by atoms with van der Waals surface area (Å²) < 4.78 is 23.6. The smallest absolute Gasteiger partial charge is 0.190 e. The first-order valence-corrected chi connectivity index (χ1v) is 7.71. The Bertz CT molecular complexity index is 588. The Kier molecular flexibility index (Phi) is 4.57. The maximum absolute atomic E-state index is 8.68. The molecule has 124 valence electrons. The maximum Gasteiger partial charge on any atom is 0.190 e. The second-order valence-electron chi connectivity index (χ2n) is 6.28. The Hall–Kier alpha value is -1.63. The van der Waals surface area contributed by atoms with E-state index in [9.17, 15) is 0 Å². The van der Waals surface area contributed by atoms with Crippen molar-refractivity contribution in [1.82, 2.24) is 0 Å². The van der Waals surface area contributed by atoms with Gasteiger partial charge in [-0.3, -0.25) is 0 Å². The van der Waals surface area contributed by atoms with Gasteiger partial charge in [0.25, 0.3) is 0 Å². The lowest BCUT2D eigenvalue weighted by Gasteiger charge is -2.27. The fourth-order valence-corrected chi connectivity index (χ4v) is 3.00. The third kappa shape index (κ3) is 3.49. The Morgan fingerprint density at radius 1 is 1.30 bits per heavy atom. The Morgan fingerprint density at radius 2 is 2.04 bits per heavy atom. The standard InChI is InChI=1S/C16H21N3O4/c1-10(18-19-17)12-13(20-9-11-7-5-4-6-8-11)14-15(21-12)23-16(2,3)22-14/h4-8,10,12-15H,9H2,1-3H3/t10?,12-,13+,14?,15-/m1/s1. The summed E-state index contributed by atoms with van der Waals surface area (Å²) in [7, 11) is 0. The van der Waals surface area contributed by atoms with Crippen LogP contribution < -0.4 is 0 Å². The molecule has 2 saturated heterocycles. The zero-order valence-corrected chi connectivity index (χ0v) is 13.5. The van der Waals surface area contributed by atoms with Crippen molar-refractivity contribution in [3.8, 4) is 0 Å². The van der Waals surface area contributed by atoms with E-state index in [2.05, 4.69) is 10.0 Å². The zero-order valence-electron chi connectivity index (χ0n) is 13.5. The molecule has 0 radical (unpaired) electrons. The molecule has 0 bridgehead atoms. The minimum absolute atomic E-state index is 0.338. The van der Waals surface area contributed by atoms with Gasteiger partial charge in [-0.05, 0) is 24.9 Å². The van der Waals surface area contributed by atoms with Crippen LogP contribution in [0.2, 0.25) is 0 Å². The molecule has 0 N–H and O–H groups in total. The molecule has 23 heavy (non-hydrogen) atoms. The largest absolute Gasteiger partial charge is 0.368 e. The fraction of sp³-hybridized carbons (Fsp3) is 0.625. The molecular weight excluding hydrogens is 298 g/mol. The van der Waals surface area contributed by atoms with E-state index in [1.165, 1.54) is 0 Å². The van der Waals surface area contributed by atoms with Crippen LogP contribution in [0, 0.1) is 0 Å². The summed E-state index contributed by atoms with van der Waals surface area (Å²) in [6.45, 7) is 5.92. The van der Waals surface area contributed by atoms with Crippen molar-refractivity contribution in [2.45, 2.75) is 63.8 Å². The summed E-state index contributed by atoms with van der Waals surface area (Å²) >= 11 is 0. The molecule has 0 amide bonds. The molecule has 7 nitrogen and oxygen atoms in total. The number of nitrogens with zero attached hydrogens (tertiary/aromatic N) is 3. The number of rotatable bonds is 5. The van der Waals surface area contributed by atoms with Crippen molar-refractivity contribution >= 4 is 0 Å².